The van der Waals surface area contributed by atoms with Crippen LogP contribution in [0.15, 0.2) is 28.8 Å². The van der Waals surface area contributed by atoms with E-state index in [2.05, 4.69) is 19.0 Å². The molecule has 1 fully saturated rings. The molecule has 3 nitrogen and oxygen atoms in total. The number of rotatable bonds is 2. The molecule has 1 heterocycles. The van der Waals surface area contributed by atoms with Crippen molar-refractivity contribution in [2.24, 2.45) is 5.41 Å². The molecule has 1 aromatic carbocycles. The standard InChI is InChI=1S/C17H21FN2O/c1-17(2)9-4-3-8-13(17)15-14(16(19)21-20-15)11-6-5-7-12(18)10-11/h5-7,10,13H,3-4,8-9,19H2,1-2H3. The molecular weight excluding hydrogens is 267 g/mol. The topological polar surface area (TPSA) is 52.0 Å². The molecule has 0 radical (unpaired) electrons. The highest BCUT2D eigenvalue weighted by Gasteiger charge is 2.37. The zero-order valence-corrected chi connectivity index (χ0v) is 12.5. The van der Waals surface area contributed by atoms with Gasteiger partial charge in [-0.2, -0.15) is 0 Å². The van der Waals surface area contributed by atoms with E-state index in [0.29, 0.717) is 5.92 Å². The number of nitrogens with zero attached hydrogens (tertiary/aromatic N) is 1. The Morgan fingerprint density at radius 1 is 1.33 bits per heavy atom. The predicted octanol–water partition coefficient (Wildman–Crippen LogP) is 4.75. The summed E-state index contributed by atoms with van der Waals surface area (Å²) in [4.78, 5) is 0. The minimum Gasteiger partial charge on any atom is -0.367 e. The maximum atomic E-state index is 13.5. The lowest BCUT2D eigenvalue weighted by Gasteiger charge is -2.37. The number of anilines is 1. The number of halogens is 1. The van der Waals surface area contributed by atoms with Crippen LogP contribution >= 0.6 is 0 Å². The molecule has 1 aromatic heterocycles. The van der Waals surface area contributed by atoms with E-state index < -0.39 is 0 Å². The van der Waals surface area contributed by atoms with Crippen molar-refractivity contribution in [3.63, 3.8) is 0 Å². The Bertz CT molecular complexity index is 648. The molecule has 1 unspecified atom stereocenters. The Kier molecular flexibility index (Phi) is 3.47. The molecule has 0 saturated heterocycles. The second-order valence-corrected chi connectivity index (χ2v) is 6.60. The van der Waals surface area contributed by atoms with E-state index in [-0.39, 0.29) is 17.1 Å². The maximum absolute atomic E-state index is 13.5. The normalized spacial score (nSPS) is 21.4. The number of nitrogens with two attached hydrogens (primary N) is 1. The van der Waals surface area contributed by atoms with Crippen LogP contribution in [0.5, 0.6) is 0 Å². The van der Waals surface area contributed by atoms with Crippen LogP contribution in [0, 0.1) is 11.2 Å². The van der Waals surface area contributed by atoms with Crippen LogP contribution in [-0.4, -0.2) is 5.16 Å². The quantitative estimate of drug-likeness (QED) is 0.867. The molecule has 2 N–H and O–H groups in total. The molecule has 1 atom stereocenters. The van der Waals surface area contributed by atoms with E-state index >= 15 is 0 Å². The molecule has 4 heteroatoms. The van der Waals surface area contributed by atoms with Crippen LogP contribution in [0.4, 0.5) is 10.3 Å². The summed E-state index contributed by atoms with van der Waals surface area (Å²) in [5.74, 6) is 0.296. The Morgan fingerprint density at radius 3 is 2.86 bits per heavy atom. The molecule has 3 rings (SSSR count). The van der Waals surface area contributed by atoms with Crippen molar-refractivity contribution in [3.05, 3.63) is 35.8 Å². The maximum Gasteiger partial charge on any atom is 0.230 e. The fraction of sp³-hybridized carbons (Fsp3) is 0.471. The van der Waals surface area contributed by atoms with Crippen molar-refractivity contribution >= 4 is 5.88 Å². The number of nitrogen functional groups attached to an aromatic ring is 1. The molecule has 0 bridgehead atoms. The van der Waals surface area contributed by atoms with Crippen LogP contribution in [0.1, 0.15) is 51.1 Å². The second-order valence-electron chi connectivity index (χ2n) is 6.60. The Hall–Kier alpha value is -1.84. The van der Waals surface area contributed by atoms with Crippen LogP contribution in [-0.2, 0) is 0 Å². The lowest BCUT2D eigenvalue weighted by atomic mass is 9.67. The van der Waals surface area contributed by atoms with Crippen molar-refractivity contribution in [1.82, 2.24) is 5.16 Å². The first-order valence-electron chi connectivity index (χ1n) is 7.50. The SMILES string of the molecule is CC1(C)CCCCC1c1noc(N)c1-c1cccc(F)c1. The van der Waals surface area contributed by atoms with Gasteiger partial charge in [0.2, 0.25) is 5.88 Å². The van der Waals surface area contributed by atoms with Gasteiger partial charge < -0.3 is 10.3 Å². The molecule has 2 aromatic rings. The van der Waals surface area contributed by atoms with Gasteiger partial charge in [-0.1, -0.05) is 44.0 Å². The van der Waals surface area contributed by atoms with E-state index in [1.807, 2.05) is 6.07 Å². The summed E-state index contributed by atoms with van der Waals surface area (Å²) < 4.78 is 18.8. The van der Waals surface area contributed by atoms with E-state index in [0.717, 1.165) is 29.7 Å². The highest BCUT2D eigenvalue weighted by molar-refractivity contribution is 5.75. The summed E-state index contributed by atoms with van der Waals surface area (Å²) in [7, 11) is 0. The van der Waals surface area contributed by atoms with E-state index in [9.17, 15) is 4.39 Å². The van der Waals surface area contributed by atoms with Gasteiger partial charge in [0.05, 0.1) is 11.3 Å². The second kappa shape index (κ2) is 5.17. The van der Waals surface area contributed by atoms with Crippen molar-refractivity contribution in [2.45, 2.75) is 45.4 Å². The average Bonchev–Trinajstić information content (AvgIpc) is 2.80. The predicted molar refractivity (Wildman–Crippen MR) is 81.3 cm³/mol. The summed E-state index contributed by atoms with van der Waals surface area (Å²) in [6, 6.07) is 6.46. The highest BCUT2D eigenvalue weighted by Crippen LogP contribution is 2.49. The zero-order valence-electron chi connectivity index (χ0n) is 12.5. The smallest absolute Gasteiger partial charge is 0.230 e. The van der Waals surface area contributed by atoms with Gasteiger partial charge in [-0.25, -0.2) is 4.39 Å². The summed E-state index contributed by atoms with van der Waals surface area (Å²) in [5.41, 5.74) is 8.50. The lowest BCUT2D eigenvalue weighted by molar-refractivity contribution is 0.192. The van der Waals surface area contributed by atoms with Gasteiger partial charge in [0, 0.05) is 5.92 Å². The summed E-state index contributed by atoms with van der Waals surface area (Å²) in [5, 5.41) is 4.22. The van der Waals surface area contributed by atoms with E-state index in [1.54, 1.807) is 6.07 Å². The first kappa shape index (κ1) is 14.1. The average molecular weight is 288 g/mol. The molecule has 1 aliphatic rings. The van der Waals surface area contributed by atoms with E-state index in [4.69, 9.17) is 10.3 Å². The number of hydrogen-bond donors (Lipinski definition) is 1. The third-order valence-corrected chi connectivity index (χ3v) is 4.70. The van der Waals surface area contributed by atoms with Crippen molar-refractivity contribution in [3.8, 4) is 11.1 Å². The molecule has 1 aliphatic carbocycles. The first-order valence-corrected chi connectivity index (χ1v) is 7.50. The molecule has 0 spiro atoms. The van der Waals surface area contributed by atoms with Crippen molar-refractivity contribution in [1.29, 1.82) is 0 Å². The van der Waals surface area contributed by atoms with Crippen molar-refractivity contribution in [2.75, 3.05) is 5.73 Å². The van der Waals surface area contributed by atoms with Gasteiger partial charge in [-0.3, -0.25) is 0 Å². The first-order chi connectivity index (χ1) is 9.99. The minimum absolute atomic E-state index is 0.156. The third kappa shape index (κ3) is 2.55. The van der Waals surface area contributed by atoms with Gasteiger partial charge in [-0.05, 0) is 36.0 Å². The summed E-state index contributed by atoms with van der Waals surface area (Å²) in [6.45, 7) is 4.52. The largest absolute Gasteiger partial charge is 0.367 e. The van der Waals surface area contributed by atoms with Crippen LogP contribution < -0.4 is 5.73 Å². The lowest BCUT2D eigenvalue weighted by Crippen LogP contribution is -2.26. The van der Waals surface area contributed by atoms with Gasteiger partial charge >= 0.3 is 0 Å². The highest BCUT2D eigenvalue weighted by atomic mass is 19.1. The molecule has 112 valence electrons. The van der Waals surface area contributed by atoms with Crippen LogP contribution in [0.3, 0.4) is 0 Å². The molecule has 1 saturated carbocycles. The molecule has 0 amide bonds. The molecular formula is C17H21FN2O. The van der Waals surface area contributed by atoms with Crippen LogP contribution in [0.25, 0.3) is 11.1 Å². The van der Waals surface area contributed by atoms with E-state index in [1.165, 1.54) is 25.0 Å². The molecule has 0 aliphatic heterocycles. The molecule has 21 heavy (non-hydrogen) atoms. The third-order valence-electron chi connectivity index (χ3n) is 4.70. The van der Waals surface area contributed by atoms with Gasteiger partial charge in [0.25, 0.3) is 0 Å². The van der Waals surface area contributed by atoms with Crippen molar-refractivity contribution < 1.29 is 8.91 Å². The number of benzene rings is 1. The fourth-order valence-electron chi connectivity index (χ4n) is 3.49. The summed E-state index contributed by atoms with van der Waals surface area (Å²) in [6.07, 6.45) is 4.66. The monoisotopic (exact) mass is 288 g/mol. The van der Waals surface area contributed by atoms with Gasteiger partial charge in [0.15, 0.2) is 0 Å². The zero-order chi connectivity index (χ0) is 15.0. The Morgan fingerprint density at radius 2 is 2.14 bits per heavy atom. The summed E-state index contributed by atoms with van der Waals surface area (Å²) >= 11 is 0. The number of aromatic nitrogens is 1. The Balaban J connectivity index is 2.09. The van der Waals surface area contributed by atoms with Crippen LogP contribution in [0.2, 0.25) is 0 Å². The van der Waals surface area contributed by atoms with Gasteiger partial charge in [0.1, 0.15) is 5.82 Å². The Labute approximate surface area is 124 Å². The van der Waals surface area contributed by atoms with Gasteiger partial charge in [-0.15, -0.1) is 0 Å². The number of hydrogen-bond acceptors (Lipinski definition) is 3. The minimum atomic E-state index is -0.276. The fourth-order valence-corrected chi connectivity index (χ4v) is 3.49.